The smallest absolute Gasteiger partial charge is 0.375 e. The summed E-state index contributed by atoms with van der Waals surface area (Å²) in [5, 5.41) is 0. The summed E-state index contributed by atoms with van der Waals surface area (Å²) in [4.78, 5) is 5.78. The van der Waals surface area contributed by atoms with E-state index in [0.717, 1.165) is 31.7 Å². The lowest BCUT2D eigenvalue weighted by atomic mass is 9.90. The lowest BCUT2D eigenvalue weighted by Gasteiger charge is -2.42. The second kappa shape index (κ2) is 10.4. The van der Waals surface area contributed by atoms with Gasteiger partial charge in [-0.1, -0.05) is 11.8 Å². The van der Waals surface area contributed by atoms with Gasteiger partial charge in [-0.05, 0) is 79.4 Å². The lowest BCUT2D eigenvalue weighted by Crippen LogP contribution is -2.45. The third-order valence-electron chi connectivity index (χ3n) is 5.64. The summed E-state index contributed by atoms with van der Waals surface area (Å²) in [6.07, 6.45) is -0.691. The second-order valence-corrected chi connectivity index (χ2v) is 11.1. The topological polar surface area (TPSA) is 43.8 Å². The molecule has 190 valence electrons. The summed E-state index contributed by atoms with van der Waals surface area (Å²) in [5.41, 5.74) is -1.15. The van der Waals surface area contributed by atoms with Gasteiger partial charge in [0.15, 0.2) is 0 Å². The molecule has 0 bridgehead atoms. The van der Waals surface area contributed by atoms with Crippen molar-refractivity contribution in [3.05, 3.63) is 23.4 Å². The normalized spacial score (nSPS) is 22.2. The highest BCUT2D eigenvalue weighted by molar-refractivity contribution is 5.49. The van der Waals surface area contributed by atoms with E-state index in [0.29, 0.717) is 18.9 Å². The Kier molecular flexibility index (Phi) is 8.22. The average molecular weight is 483 g/mol. The summed E-state index contributed by atoms with van der Waals surface area (Å²) in [7, 11) is 0. The van der Waals surface area contributed by atoms with Gasteiger partial charge in [-0.2, -0.15) is 13.2 Å². The van der Waals surface area contributed by atoms with Crippen molar-refractivity contribution < 1.29 is 27.4 Å². The number of hydrogen-bond donors (Lipinski definition) is 0. The van der Waals surface area contributed by atoms with E-state index in [1.165, 1.54) is 0 Å². The Morgan fingerprint density at radius 3 is 2.15 bits per heavy atom. The number of alkyl halides is 3. The van der Waals surface area contributed by atoms with Gasteiger partial charge in [-0.15, -0.1) is 0 Å². The first-order valence-electron chi connectivity index (χ1n) is 12.0. The van der Waals surface area contributed by atoms with Gasteiger partial charge in [-0.25, -0.2) is 4.98 Å². The van der Waals surface area contributed by atoms with Gasteiger partial charge < -0.3 is 19.1 Å². The van der Waals surface area contributed by atoms with Gasteiger partial charge in [-0.3, -0.25) is 0 Å². The van der Waals surface area contributed by atoms with Crippen LogP contribution in [0.4, 0.5) is 19.0 Å². The van der Waals surface area contributed by atoms with Gasteiger partial charge in [0.25, 0.3) is 0 Å². The highest BCUT2D eigenvalue weighted by Crippen LogP contribution is 2.34. The Labute approximate surface area is 201 Å². The Morgan fingerprint density at radius 1 is 0.941 bits per heavy atom. The minimum absolute atomic E-state index is 0.108. The van der Waals surface area contributed by atoms with Crippen LogP contribution in [0.1, 0.15) is 78.5 Å². The lowest BCUT2D eigenvalue weighted by molar-refractivity contribution is -0.164. The molecule has 0 N–H and O–H groups in total. The van der Waals surface area contributed by atoms with Crippen molar-refractivity contribution in [3.8, 4) is 11.8 Å². The van der Waals surface area contributed by atoms with E-state index in [9.17, 15) is 13.2 Å². The Balaban J connectivity index is 1.58. The molecule has 0 unspecified atom stereocenters. The first kappa shape index (κ1) is 26.8. The van der Waals surface area contributed by atoms with Crippen molar-refractivity contribution in [1.82, 2.24) is 4.98 Å². The maximum Gasteiger partial charge on any atom is 0.433 e. The first-order valence-corrected chi connectivity index (χ1v) is 12.0. The van der Waals surface area contributed by atoms with Crippen LogP contribution in [-0.2, 0) is 20.4 Å². The largest absolute Gasteiger partial charge is 0.433 e. The van der Waals surface area contributed by atoms with Crippen molar-refractivity contribution in [2.75, 3.05) is 24.6 Å². The number of hydrogen-bond acceptors (Lipinski definition) is 5. The van der Waals surface area contributed by atoms with Crippen LogP contribution < -0.4 is 4.90 Å². The number of rotatable bonds is 5. The van der Waals surface area contributed by atoms with Crippen molar-refractivity contribution in [2.24, 2.45) is 0 Å². The zero-order valence-corrected chi connectivity index (χ0v) is 21.1. The molecule has 1 saturated heterocycles. The van der Waals surface area contributed by atoms with E-state index in [-0.39, 0.29) is 41.7 Å². The summed E-state index contributed by atoms with van der Waals surface area (Å²) in [5.74, 6) is 5.91. The van der Waals surface area contributed by atoms with Crippen molar-refractivity contribution in [3.63, 3.8) is 0 Å². The van der Waals surface area contributed by atoms with E-state index in [1.807, 2.05) is 25.7 Å². The Bertz CT molecular complexity index is 880. The average Bonchev–Trinajstić information content (AvgIpc) is 2.68. The number of nitrogens with zero attached hydrogens (tertiary/aromatic N) is 2. The third kappa shape index (κ3) is 8.44. The molecule has 2 aliphatic rings. The van der Waals surface area contributed by atoms with Crippen LogP contribution in [0, 0.1) is 11.8 Å². The summed E-state index contributed by atoms with van der Waals surface area (Å²) in [6, 6.07) is 2.62. The Morgan fingerprint density at radius 2 is 1.59 bits per heavy atom. The highest BCUT2D eigenvalue weighted by Gasteiger charge is 2.37. The second-order valence-electron chi connectivity index (χ2n) is 11.1. The minimum Gasteiger partial charge on any atom is -0.375 e. The van der Waals surface area contributed by atoms with Crippen molar-refractivity contribution in [2.45, 2.75) is 103 Å². The molecule has 2 fully saturated rings. The van der Waals surface area contributed by atoms with Crippen LogP contribution in [0.3, 0.4) is 0 Å². The molecule has 1 aliphatic heterocycles. The van der Waals surface area contributed by atoms with Gasteiger partial charge in [0.2, 0.25) is 0 Å². The fourth-order valence-corrected chi connectivity index (χ4v) is 4.00. The predicted molar refractivity (Wildman–Crippen MR) is 126 cm³/mol. The van der Waals surface area contributed by atoms with E-state index in [2.05, 4.69) is 37.6 Å². The zero-order chi connectivity index (χ0) is 25.1. The maximum atomic E-state index is 13.5. The molecule has 8 heteroatoms. The van der Waals surface area contributed by atoms with Crippen LogP contribution >= 0.6 is 0 Å². The number of halogens is 3. The summed E-state index contributed by atoms with van der Waals surface area (Å²) < 4.78 is 58.1. The molecule has 34 heavy (non-hydrogen) atoms. The molecular weight excluding hydrogens is 445 g/mol. The van der Waals surface area contributed by atoms with Crippen molar-refractivity contribution in [1.29, 1.82) is 0 Å². The zero-order valence-electron chi connectivity index (χ0n) is 21.1. The molecule has 0 amide bonds. The van der Waals surface area contributed by atoms with E-state index in [1.54, 1.807) is 6.07 Å². The SMILES string of the molecule is CC(C)(C)OCC#Cc1cc(N2CCC(OC3CC(OC(C)(C)C)C3)CC2)nc(C(F)(F)F)c1. The van der Waals surface area contributed by atoms with E-state index in [4.69, 9.17) is 14.2 Å². The minimum atomic E-state index is -4.54. The third-order valence-corrected chi connectivity index (χ3v) is 5.64. The fourth-order valence-electron chi connectivity index (χ4n) is 4.00. The van der Waals surface area contributed by atoms with Crippen LogP contribution in [0.2, 0.25) is 0 Å². The van der Waals surface area contributed by atoms with Gasteiger partial charge in [0.05, 0.1) is 29.5 Å². The first-order chi connectivity index (χ1) is 15.7. The number of anilines is 1. The standard InChI is InChI=1S/C26H37F3N2O3/c1-24(2,3)32-13-7-8-18-14-22(26(27,28)29)30-23(15-18)31-11-9-19(10-12-31)33-20-16-21(17-20)34-25(4,5)6/h14-15,19-21H,9-13,16-17H2,1-6H3. The Hall–Kier alpha value is -1.82. The molecule has 1 aromatic rings. The quantitative estimate of drug-likeness (QED) is 0.512. The molecule has 3 rings (SSSR count). The molecule has 0 atom stereocenters. The number of ether oxygens (including phenoxy) is 3. The molecule has 1 aliphatic carbocycles. The van der Waals surface area contributed by atoms with Gasteiger partial charge in [0.1, 0.15) is 18.1 Å². The van der Waals surface area contributed by atoms with Crippen LogP contribution in [0.25, 0.3) is 0 Å². The molecule has 0 spiro atoms. The summed E-state index contributed by atoms with van der Waals surface area (Å²) in [6.45, 7) is 13.2. The van der Waals surface area contributed by atoms with Gasteiger partial charge in [0, 0.05) is 18.7 Å². The highest BCUT2D eigenvalue weighted by atomic mass is 19.4. The maximum absolute atomic E-state index is 13.5. The molecule has 0 aromatic carbocycles. The van der Waals surface area contributed by atoms with Crippen molar-refractivity contribution >= 4 is 5.82 Å². The molecule has 0 radical (unpaired) electrons. The molecule has 2 heterocycles. The van der Waals surface area contributed by atoms with Crippen LogP contribution in [0.5, 0.6) is 0 Å². The molecule has 1 saturated carbocycles. The summed E-state index contributed by atoms with van der Waals surface area (Å²) >= 11 is 0. The molecule has 5 nitrogen and oxygen atoms in total. The molecule has 1 aromatic heterocycles. The number of aromatic nitrogens is 1. The van der Waals surface area contributed by atoms with Crippen LogP contribution in [-0.4, -0.2) is 54.2 Å². The van der Waals surface area contributed by atoms with Gasteiger partial charge >= 0.3 is 6.18 Å². The number of pyridine rings is 1. The fraction of sp³-hybridized carbons (Fsp3) is 0.731. The predicted octanol–water partition coefficient (Wildman–Crippen LogP) is 5.60. The number of piperidine rings is 1. The monoisotopic (exact) mass is 482 g/mol. The van der Waals surface area contributed by atoms with Crippen LogP contribution in [0.15, 0.2) is 12.1 Å². The van der Waals surface area contributed by atoms with E-state index < -0.39 is 11.9 Å². The molecular formula is C26H37F3N2O3. The van der Waals surface area contributed by atoms with E-state index >= 15 is 0 Å².